The Morgan fingerprint density at radius 2 is 2.22 bits per heavy atom. The maximum Gasteiger partial charge on any atom is 0.136 e. The van der Waals surface area contributed by atoms with Crippen molar-refractivity contribution in [3.63, 3.8) is 0 Å². The van der Waals surface area contributed by atoms with Gasteiger partial charge in [0.2, 0.25) is 0 Å². The Hall–Kier alpha value is -1.20. The minimum absolute atomic E-state index is 0.355. The molecule has 0 aliphatic heterocycles. The van der Waals surface area contributed by atoms with Crippen LogP contribution < -0.4 is 11.1 Å². The van der Waals surface area contributed by atoms with Crippen molar-refractivity contribution in [1.29, 1.82) is 0 Å². The van der Waals surface area contributed by atoms with Gasteiger partial charge in [-0.25, -0.2) is 4.98 Å². The molecule has 1 aromatic rings. The van der Waals surface area contributed by atoms with E-state index in [1.54, 1.807) is 0 Å². The summed E-state index contributed by atoms with van der Waals surface area (Å²) in [5.41, 5.74) is 7.36. The highest BCUT2D eigenvalue weighted by molar-refractivity contribution is 7.80. The number of anilines is 1. The quantitative estimate of drug-likeness (QED) is 0.585. The lowest BCUT2D eigenvalue weighted by Crippen LogP contribution is -2.18. The molecule has 0 saturated carbocycles. The molecule has 0 unspecified atom stereocenters. The Kier molecular flexibility index (Phi) is 6.01. The van der Waals surface area contributed by atoms with Crippen LogP contribution in [0.5, 0.6) is 0 Å². The van der Waals surface area contributed by atoms with Gasteiger partial charge in [-0.2, -0.15) is 0 Å². The highest BCUT2D eigenvalue weighted by atomic mass is 32.1. The SMILES string of the molecule is Cc1ccc(C(N)=S)c(NCCOCC(C)C)n1. The molecule has 0 atom stereocenters. The Morgan fingerprint density at radius 1 is 1.50 bits per heavy atom. The van der Waals surface area contributed by atoms with E-state index in [0.717, 1.165) is 23.7 Å². The molecule has 1 heterocycles. The first-order valence-electron chi connectivity index (χ1n) is 6.09. The number of nitrogens with one attached hydrogen (secondary N) is 1. The molecule has 5 heteroatoms. The standard InChI is InChI=1S/C13H21N3OS/c1-9(2)8-17-7-6-15-13-11(12(14)18)5-4-10(3)16-13/h4-5,9H,6-8H2,1-3H3,(H2,14,18)(H,15,16). The van der Waals surface area contributed by atoms with Gasteiger partial charge < -0.3 is 15.8 Å². The number of pyridine rings is 1. The number of rotatable bonds is 7. The molecule has 1 aromatic heterocycles. The van der Waals surface area contributed by atoms with Crippen LogP contribution in [0.3, 0.4) is 0 Å². The van der Waals surface area contributed by atoms with Gasteiger partial charge in [0.25, 0.3) is 0 Å². The Morgan fingerprint density at radius 3 is 2.83 bits per heavy atom. The van der Waals surface area contributed by atoms with Gasteiger partial charge in [-0.15, -0.1) is 0 Å². The van der Waals surface area contributed by atoms with Gasteiger partial charge >= 0.3 is 0 Å². The molecule has 0 aliphatic carbocycles. The van der Waals surface area contributed by atoms with E-state index in [9.17, 15) is 0 Å². The summed E-state index contributed by atoms with van der Waals surface area (Å²) < 4.78 is 5.49. The molecular formula is C13H21N3OS. The van der Waals surface area contributed by atoms with E-state index in [2.05, 4.69) is 24.1 Å². The van der Waals surface area contributed by atoms with E-state index in [0.29, 0.717) is 24.1 Å². The number of hydrogen-bond acceptors (Lipinski definition) is 4. The second-order valence-electron chi connectivity index (χ2n) is 4.61. The Balaban J connectivity index is 2.50. The van der Waals surface area contributed by atoms with Gasteiger partial charge in [0.15, 0.2) is 0 Å². The minimum Gasteiger partial charge on any atom is -0.389 e. The maximum absolute atomic E-state index is 5.65. The van der Waals surface area contributed by atoms with Gasteiger partial charge in [-0.3, -0.25) is 0 Å². The molecule has 18 heavy (non-hydrogen) atoms. The van der Waals surface area contributed by atoms with Gasteiger partial charge in [0.1, 0.15) is 10.8 Å². The largest absolute Gasteiger partial charge is 0.389 e. The molecule has 100 valence electrons. The third-order valence-electron chi connectivity index (χ3n) is 2.29. The molecule has 0 aliphatic rings. The van der Waals surface area contributed by atoms with Crippen molar-refractivity contribution in [3.05, 3.63) is 23.4 Å². The number of nitrogens with two attached hydrogens (primary N) is 1. The molecule has 0 bridgehead atoms. The Bertz CT molecular complexity index is 407. The summed E-state index contributed by atoms with van der Waals surface area (Å²) in [6.45, 7) is 8.29. The van der Waals surface area contributed by atoms with Crippen LogP contribution in [0.15, 0.2) is 12.1 Å². The van der Waals surface area contributed by atoms with Gasteiger partial charge in [-0.1, -0.05) is 26.1 Å². The topological polar surface area (TPSA) is 60.2 Å². The Labute approximate surface area is 114 Å². The third-order valence-corrected chi connectivity index (χ3v) is 2.51. The highest BCUT2D eigenvalue weighted by Crippen LogP contribution is 2.12. The average molecular weight is 267 g/mol. The molecular weight excluding hydrogens is 246 g/mol. The zero-order chi connectivity index (χ0) is 13.5. The molecule has 0 fully saturated rings. The zero-order valence-electron chi connectivity index (χ0n) is 11.2. The number of nitrogens with zero attached hydrogens (tertiary/aromatic N) is 1. The van der Waals surface area contributed by atoms with Crippen molar-refractivity contribution < 1.29 is 4.74 Å². The summed E-state index contributed by atoms with van der Waals surface area (Å²) in [7, 11) is 0. The highest BCUT2D eigenvalue weighted by Gasteiger charge is 2.06. The smallest absolute Gasteiger partial charge is 0.136 e. The van der Waals surface area contributed by atoms with E-state index >= 15 is 0 Å². The molecule has 1 rings (SSSR count). The van der Waals surface area contributed by atoms with Crippen LogP contribution in [0.25, 0.3) is 0 Å². The molecule has 3 N–H and O–H groups in total. The van der Waals surface area contributed by atoms with Gasteiger partial charge in [-0.05, 0) is 25.0 Å². The second kappa shape index (κ2) is 7.28. The first-order chi connectivity index (χ1) is 8.50. The van der Waals surface area contributed by atoms with Crippen LogP contribution in [-0.4, -0.2) is 29.7 Å². The predicted octanol–water partition coefficient (Wildman–Crippen LogP) is 2.11. The van der Waals surface area contributed by atoms with Crippen LogP contribution in [0.4, 0.5) is 5.82 Å². The van der Waals surface area contributed by atoms with Gasteiger partial charge in [0.05, 0.1) is 12.2 Å². The fourth-order valence-corrected chi connectivity index (χ4v) is 1.62. The second-order valence-corrected chi connectivity index (χ2v) is 5.05. The summed E-state index contributed by atoms with van der Waals surface area (Å²) in [6.07, 6.45) is 0. The lowest BCUT2D eigenvalue weighted by molar-refractivity contribution is 0.118. The van der Waals surface area contributed by atoms with E-state index in [1.165, 1.54) is 0 Å². The number of aromatic nitrogens is 1. The van der Waals surface area contributed by atoms with Crippen LogP contribution >= 0.6 is 12.2 Å². The van der Waals surface area contributed by atoms with Crippen molar-refractivity contribution in [2.75, 3.05) is 25.1 Å². The summed E-state index contributed by atoms with van der Waals surface area (Å²) in [5, 5.41) is 3.21. The lowest BCUT2D eigenvalue weighted by Gasteiger charge is -2.12. The summed E-state index contributed by atoms with van der Waals surface area (Å²) in [5.74, 6) is 1.28. The normalized spacial score (nSPS) is 10.7. The van der Waals surface area contributed by atoms with Crippen molar-refractivity contribution >= 4 is 23.0 Å². The number of hydrogen-bond donors (Lipinski definition) is 2. The number of aryl methyl sites for hydroxylation is 1. The maximum atomic E-state index is 5.65. The summed E-state index contributed by atoms with van der Waals surface area (Å²) in [4.78, 5) is 4.75. The fourth-order valence-electron chi connectivity index (χ4n) is 1.45. The summed E-state index contributed by atoms with van der Waals surface area (Å²) >= 11 is 5.00. The minimum atomic E-state index is 0.355. The zero-order valence-corrected chi connectivity index (χ0v) is 12.0. The predicted molar refractivity (Wildman–Crippen MR) is 79.0 cm³/mol. The molecule has 0 amide bonds. The molecule has 0 aromatic carbocycles. The van der Waals surface area contributed by atoms with E-state index in [1.807, 2.05) is 19.1 Å². The summed E-state index contributed by atoms with van der Waals surface area (Å²) in [6, 6.07) is 3.79. The van der Waals surface area contributed by atoms with Crippen LogP contribution in [0, 0.1) is 12.8 Å². The van der Waals surface area contributed by atoms with Gasteiger partial charge in [0, 0.05) is 18.8 Å². The van der Waals surface area contributed by atoms with Crippen LogP contribution in [0.1, 0.15) is 25.1 Å². The van der Waals surface area contributed by atoms with Crippen molar-refractivity contribution in [2.24, 2.45) is 11.7 Å². The van der Waals surface area contributed by atoms with E-state index in [4.69, 9.17) is 22.7 Å². The molecule has 0 spiro atoms. The molecule has 0 saturated heterocycles. The number of ether oxygens (including phenoxy) is 1. The number of thiocarbonyl (C=S) groups is 1. The molecule has 4 nitrogen and oxygen atoms in total. The molecule has 0 radical (unpaired) electrons. The first kappa shape index (κ1) is 14.9. The van der Waals surface area contributed by atoms with E-state index < -0.39 is 0 Å². The monoisotopic (exact) mass is 267 g/mol. The van der Waals surface area contributed by atoms with Crippen LogP contribution in [0.2, 0.25) is 0 Å². The van der Waals surface area contributed by atoms with Crippen molar-refractivity contribution in [3.8, 4) is 0 Å². The van der Waals surface area contributed by atoms with Crippen LogP contribution in [-0.2, 0) is 4.74 Å². The van der Waals surface area contributed by atoms with Crippen molar-refractivity contribution in [2.45, 2.75) is 20.8 Å². The average Bonchev–Trinajstić information content (AvgIpc) is 2.27. The van der Waals surface area contributed by atoms with E-state index in [-0.39, 0.29) is 0 Å². The lowest BCUT2D eigenvalue weighted by atomic mass is 10.2. The van der Waals surface area contributed by atoms with Crippen molar-refractivity contribution in [1.82, 2.24) is 4.98 Å². The third kappa shape index (κ3) is 4.98. The fraction of sp³-hybridized carbons (Fsp3) is 0.538. The first-order valence-corrected chi connectivity index (χ1v) is 6.50.